The number of hydrogen-bond donors (Lipinski definition) is 2. The summed E-state index contributed by atoms with van der Waals surface area (Å²) >= 11 is 2.92. The molecule has 1 atom stereocenters. The summed E-state index contributed by atoms with van der Waals surface area (Å²) in [5.74, 6) is 5.45. The maximum Gasteiger partial charge on any atom is 0.417 e. The largest absolute Gasteiger partial charge is 0.417 e. The van der Waals surface area contributed by atoms with Crippen molar-refractivity contribution < 1.29 is 13.2 Å². The molecule has 1 rings (SSSR count). The fourth-order valence-electron chi connectivity index (χ4n) is 1.79. The number of alkyl halides is 3. The van der Waals surface area contributed by atoms with Gasteiger partial charge in [0.2, 0.25) is 0 Å². The lowest BCUT2D eigenvalue weighted by atomic mass is 9.82. The van der Waals surface area contributed by atoms with Gasteiger partial charge >= 0.3 is 6.18 Å². The second-order valence-electron chi connectivity index (χ2n) is 5.20. The van der Waals surface area contributed by atoms with Crippen molar-refractivity contribution in [1.29, 1.82) is 0 Å². The lowest BCUT2D eigenvalue weighted by Crippen LogP contribution is -2.37. The highest BCUT2D eigenvalue weighted by atomic mass is 79.9. The van der Waals surface area contributed by atoms with E-state index in [1.807, 2.05) is 20.8 Å². The zero-order valence-corrected chi connectivity index (χ0v) is 12.0. The second-order valence-corrected chi connectivity index (χ2v) is 6.06. The number of hydrogen-bond acceptors (Lipinski definition) is 2. The Morgan fingerprint density at radius 2 is 1.78 bits per heavy atom. The van der Waals surface area contributed by atoms with Crippen LogP contribution in [0.2, 0.25) is 0 Å². The molecule has 0 radical (unpaired) electrons. The van der Waals surface area contributed by atoms with E-state index in [0.29, 0.717) is 5.56 Å². The highest BCUT2D eigenvalue weighted by Gasteiger charge is 2.34. The molecule has 1 aromatic rings. The summed E-state index contributed by atoms with van der Waals surface area (Å²) in [7, 11) is 0. The van der Waals surface area contributed by atoms with E-state index in [9.17, 15) is 13.2 Å². The zero-order chi connectivity index (χ0) is 14.1. The second kappa shape index (κ2) is 5.19. The van der Waals surface area contributed by atoms with Crippen molar-refractivity contribution in [3.05, 3.63) is 33.8 Å². The third kappa shape index (κ3) is 3.46. The quantitative estimate of drug-likeness (QED) is 0.637. The predicted octanol–water partition coefficient (Wildman–Crippen LogP) is 4.02. The molecule has 6 heteroatoms. The molecule has 18 heavy (non-hydrogen) atoms. The molecule has 0 aliphatic rings. The van der Waals surface area contributed by atoms with Gasteiger partial charge in [0, 0.05) is 4.47 Å². The summed E-state index contributed by atoms with van der Waals surface area (Å²) in [4.78, 5) is 0. The van der Waals surface area contributed by atoms with Crippen LogP contribution in [0.25, 0.3) is 0 Å². The van der Waals surface area contributed by atoms with E-state index < -0.39 is 11.7 Å². The van der Waals surface area contributed by atoms with Gasteiger partial charge in [-0.25, -0.2) is 0 Å². The third-order valence-corrected chi connectivity index (χ3v) is 3.35. The molecule has 0 saturated carbocycles. The van der Waals surface area contributed by atoms with E-state index >= 15 is 0 Å². The molecule has 1 aromatic carbocycles. The van der Waals surface area contributed by atoms with E-state index in [1.165, 1.54) is 6.07 Å². The van der Waals surface area contributed by atoms with Gasteiger partial charge in [-0.15, -0.1) is 0 Å². The average Bonchev–Trinajstić information content (AvgIpc) is 2.17. The minimum atomic E-state index is -4.38. The van der Waals surface area contributed by atoms with E-state index in [4.69, 9.17) is 5.84 Å². The molecular weight excluding hydrogens is 309 g/mol. The summed E-state index contributed by atoms with van der Waals surface area (Å²) < 4.78 is 38.5. The Morgan fingerprint density at radius 1 is 1.22 bits per heavy atom. The van der Waals surface area contributed by atoms with Gasteiger partial charge in [-0.3, -0.25) is 11.3 Å². The zero-order valence-electron chi connectivity index (χ0n) is 10.4. The van der Waals surface area contributed by atoms with Crippen LogP contribution in [0.15, 0.2) is 22.7 Å². The van der Waals surface area contributed by atoms with Crippen LogP contribution >= 0.6 is 15.9 Å². The van der Waals surface area contributed by atoms with Crippen molar-refractivity contribution in [3.8, 4) is 0 Å². The minimum absolute atomic E-state index is 0.0310. The highest BCUT2D eigenvalue weighted by molar-refractivity contribution is 9.10. The molecule has 3 N–H and O–H groups in total. The van der Waals surface area contributed by atoms with Gasteiger partial charge in [-0.1, -0.05) is 42.8 Å². The Hall–Kier alpha value is -0.590. The van der Waals surface area contributed by atoms with Crippen LogP contribution in [-0.4, -0.2) is 0 Å². The van der Waals surface area contributed by atoms with Crippen molar-refractivity contribution >= 4 is 15.9 Å². The first-order valence-corrected chi connectivity index (χ1v) is 6.19. The van der Waals surface area contributed by atoms with E-state index in [0.717, 1.165) is 6.07 Å². The molecule has 2 nitrogen and oxygen atoms in total. The molecule has 0 bridgehead atoms. The fraction of sp³-hybridized carbons (Fsp3) is 0.500. The molecule has 0 fully saturated rings. The van der Waals surface area contributed by atoms with Crippen LogP contribution in [0.5, 0.6) is 0 Å². The number of nitrogens with one attached hydrogen (secondary N) is 1. The van der Waals surface area contributed by atoms with Gasteiger partial charge in [-0.05, 0) is 23.1 Å². The van der Waals surface area contributed by atoms with Gasteiger partial charge in [0.05, 0.1) is 11.6 Å². The van der Waals surface area contributed by atoms with Crippen LogP contribution < -0.4 is 11.3 Å². The van der Waals surface area contributed by atoms with Crippen LogP contribution in [0.3, 0.4) is 0 Å². The maximum absolute atomic E-state index is 12.8. The first kappa shape index (κ1) is 15.5. The smallest absolute Gasteiger partial charge is 0.271 e. The Labute approximate surface area is 113 Å². The molecule has 0 heterocycles. The Morgan fingerprint density at radius 3 is 2.17 bits per heavy atom. The Bertz CT molecular complexity index is 424. The number of halogens is 4. The molecule has 0 saturated heterocycles. The first-order chi connectivity index (χ1) is 8.07. The lowest BCUT2D eigenvalue weighted by molar-refractivity contribution is -0.138. The summed E-state index contributed by atoms with van der Waals surface area (Å²) in [6, 6.07) is 3.80. The summed E-state index contributed by atoms with van der Waals surface area (Å²) in [6.45, 7) is 5.73. The first-order valence-electron chi connectivity index (χ1n) is 5.40. The summed E-state index contributed by atoms with van der Waals surface area (Å²) in [5.41, 5.74) is 2.11. The minimum Gasteiger partial charge on any atom is -0.271 e. The fourth-order valence-corrected chi connectivity index (χ4v) is 2.26. The molecule has 102 valence electrons. The Balaban J connectivity index is 3.28. The van der Waals surface area contributed by atoms with Crippen molar-refractivity contribution in [2.24, 2.45) is 11.3 Å². The van der Waals surface area contributed by atoms with Crippen molar-refractivity contribution in [2.75, 3.05) is 0 Å². The molecular formula is C12H16BrF3N2. The maximum atomic E-state index is 12.8. The number of rotatable bonds is 2. The molecule has 0 aliphatic heterocycles. The van der Waals surface area contributed by atoms with Gasteiger partial charge < -0.3 is 0 Å². The monoisotopic (exact) mass is 324 g/mol. The lowest BCUT2D eigenvalue weighted by Gasteiger charge is -2.31. The van der Waals surface area contributed by atoms with Gasteiger partial charge in [0.15, 0.2) is 0 Å². The van der Waals surface area contributed by atoms with Crippen LogP contribution in [0.4, 0.5) is 13.2 Å². The normalized spacial score (nSPS) is 14.7. The highest BCUT2D eigenvalue weighted by Crippen LogP contribution is 2.39. The van der Waals surface area contributed by atoms with Gasteiger partial charge in [0.1, 0.15) is 0 Å². The van der Waals surface area contributed by atoms with Gasteiger partial charge in [0.25, 0.3) is 0 Å². The van der Waals surface area contributed by atoms with Crippen molar-refractivity contribution in [3.63, 3.8) is 0 Å². The molecule has 1 unspecified atom stereocenters. The molecule has 0 aromatic heterocycles. The topological polar surface area (TPSA) is 38.0 Å². The molecule has 0 amide bonds. The standard InChI is InChI=1S/C12H16BrF3N2/c1-11(2,3)10(18-17)7-4-5-9(13)8(6-7)12(14,15)16/h4-6,10,18H,17H2,1-3H3. The van der Waals surface area contributed by atoms with E-state index in [-0.39, 0.29) is 15.9 Å². The average molecular weight is 325 g/mol. The molecule has 0 spiro atoms. The van der Waals surface area contributed by atoms with Crippen molar-refractivity contribution in [2.45, 2.75) is 33.0 Å². The van der Waals surface area contributed by atoms with Crippen LogP contribution in [-0.2, 0) is 6.18 Å². The number of benzene rings is 1. The van der Waals surface area contributed by atoms with E-state index in [2.05, 4.69) is 21.4 Å². The van der Waals surface area contributed by atoms with E-state index in [1.54, 1.807) is 6.07 Å². The summed E-state index contributed by atoms with van der Waals surface area (Å²) in [5, 5.41) is 0. The summed E-state index contributed by atoms with van der Waals surface area (Å²) in [6.07, 6.45) is -4.38. The third-order valence-electron chi connectivity index (χ3n) is 2.66. The van der Waals surface area contributed by atoms with Crippen LogP contribution in [0.1, 0.15) is 37.9 Å². The molecule has 0 aliphatic carbocycles. The number of hydrazine groups is 1. The van der Waals surface area contributed by atoms with Crippen LogP contribution in [0, 0.1) is 5.41 Å². The predicted molar refractivity (Wildman–Crippen MR) is 68.7 cm³/mol. The number of nitrogens with two attached hydrogens (primary N) is 1. The van der Waals surface area contributed by atoms with Crippen molar-refractivity contribution in [1.82, 2.24) is 5.43 Å². The SMILES string of the molecule is CC(C)(C)C(NN)c1ccc(Br)c(C(F)(F)F)c1. The Kier molecular flexibility index (Phi) is 4.46. The van der Waals surface area contributed by atoms with Gasteiger partial charge in [-0.2, -0.15) is 13.2 Å².